The number of anilines is 1. The number of amides is 2. The number of nitrogens with zero attached hydrogens (tertiary/aromatic N) is 2. The van der Waals surface area contributed by atoms with Crippen LogP contribution in [-0.4, -0.2) is 22.0 Å². The molecule has 0 saturated heterocycles. The number of urea groups is 1. The van der Waals surface area contributed by atoms with Crippen LogP contribution in [0.4, 0.5) is 14.9 Å². The molecule has 5 rings (SSSR count). The predicted molar refractivity (Wildman–Crippen MR) is 139 cm³/mol. The zero-order valence-electron chi connectivity index (χ0n) is 19.3. The van der Waals surface area contributed by atoms with Crippen molar-refractivity contribution < 1.29 is 9.18 Å². The number of halogens is 2. The van der Waals surface area contributed by atoms with Gasteiger partial charge >= 0.3 is 6.03 Å². The quantitative estimate of drug-likeness (QED) is 0.312. The van der Waals surface area contributed by atoms with Crippen molar-refractivity contribution in [2.45, 2.75) is 44.2 Å². The minimum absolute atomic E-state index is 0.114. The molecule has 4 aromatic rings. The highest BCUT2D eigenvalue weighted by molar-refractivity contribution is 6.30. The van der Waals surface area contributed by atoms with E-state index >= 15 is 0 Å². The van der Waals surface area contributed by atoms with Crippen molar-refractivity contribution in [3.8, 4) is 0 Å². The van der Waals surface area contributed by atoms with E-state index in [9.17, 15) is 9.18 Å². The molecule has 1 N–H and O–H groups in total. The first kappa shape index (κ1) is 23.3. The fourth-order valence-corrected chi connectivity index (χ4v) is 5.20. The van der Waals surface area contributed by atoms with E-state index in [4.69, 9.17) is 11.6 Å². The molecule has 0 bridgehead atoms. The van der Waals surface area contributed by atoms with Gasteiger partial charge in [-0.25, -0.2) is 9.18 Å². The van der Waals surface area contributed by atoms with Crippen molar-refractivity contribution in [3.63, 3.8) is 0 Å². The highest BCUT2D eigenvalue weighted by Gasteiger charge is 2.30. The summed E-state index contributed by atoms with van der Waals surface area (Å²) in [6, 6.07) is 24.0. The van der Waals surface area contributed by atoms with Crippen LogP contribution in [0.3, 0.4) is 0 Å². The molecule has 178 valence electrons. The number of hydrogen-bond acceptors (Lipinski definition) is 2. The normalized spacial score (nSPS) is 17.8. The molecule has 1 heterocycles. The Morgan fingerprint density at radius 2 is 1.71 bits per heavy atom. The maximum absolute atomic E-state index is 14.0. The van der Waals surface area contributed by atoms with Gasteiger partial charge in [-0.3, -0.25) is 4.98 Å². The zero-order valence-corrected chi connectivity index (χ0v) is 20.1. The van der Waals surface area contributed by atoms with Crippen LogP contribution in [0.5, 0.6) is 0 Å². The summed E-state index contributed by atoms with van der Waals surface area (Å²) >= 11 is 6.00. The average Bonchev–Trinajstić information content (AvgIpc) is 2.89. The monoisotopic (exact) mass is 487 g/mol. The molecule has 1 aliphatic rings. The van der Waals surface area contributed by atoms with E-state index in [0.717, 1.165) is 53.4 Å². The van der Waals surface area contributed by atoms with Gasteiger partial charge in [-0.15, -0.1) is 0 Å². The van der Waals surface area contributed by atoms with Crippen LogP contribution in [-0.2, 0) is 6.54 Å². The fraction of sp³-hybridized carbons (Fsp3) is 0.241. The number of pyridine rings is 1. The zero-order chi connectivity index (χ0) is 24.2. The Balaban J connectivity index is 1.34. The molecule has 2 amide bonds. The number of rotatable bonds is 5. The Kier molecular flexibility index (Phi) is 6.96. The summed E-state index contributed by atoms with van der Waals surface area (Å²) in [5.41, 5.74) is 3.78. The molecule has 35 heavy (non-hydrogen) atoms. The molecular formula is C29H27ClFN3O. The lowest BCUT2D eigenvalue weighted by molar-refractivity contribution is 0.158. The molecule has 1 aliphatic carbocycles. The molecule has 1 aromatic heterocycles. The van der Waals surface area contributed by atoms with Gasteiger partial charge in [0.1, 0.15) is 5.82 Å². The first-order valence-electron chi connectivity index (χ1n) is 12.0. The standard InChI is InChI=1S/C29H27ClFN3O/c30-22-8-11-24(12-9-22)33-29(35)34(19-20-4-2-1-3-5-20)25-13-6-21(7-14-25)26-16-17-32-28-15-10-23(31)18-27(26)28/h1-5,8-12,15-18,21,25H,6-7,13-14,19H2,(H,33,35)/t21-,25+. The number of carbonyl (C=O) groups is 1. The first-order chi connectivity index (χ1) is 17.1. The van der Waals surface area contributed by atoms with Crippen LogP contribution < -0.4 is 5.32 Å². The second kappa shape index (κ2) is 10.4. The lowest BCUT2D eigenvalue weighted by atomic mass is 9.80. The largest absolute Gasteiger partial charge is 0.322 e. The van der Waals surface area contributed by atoms with Gasteiger partial charge in [-0.2, -0.15) is 0 Å². The Morgan fingerprint density at radius 3 is 2.46 bits per heavy atom. The molecule has 0 atom stereocenters. The Hall–Kier alpha value is -3.44. The van der Waals surface area contributed by atoms with E-state index in [0.29, 0.717) is 17.5 Å². The van der Waals surface area contributed by atoms with E-state index in [-0.39, 0.29) is 17.9 Å². The summed E-state index contributed by atoms with van der Waals surface area (Å²) in [4.78, 5) is 19.7. The van der Waals surface area contributed by atoms with Crippen molar-refractivity contribution in [2.75, 3.05) is 5.32 Å². The lowest BCUT2D eigenvalue weighted by Crippen LogP contribution is -2.44. The molecular weight excluding hydrogens is 461 g/mol. The molecule has 1 fully saturated rings. The van der Waals surface area contributed by atoms with Crippen LogP contribution in [0.15, 0.2) is 85.1 Å². The van der Waals surface area contributed by atoms with Crippen LogP contribution in [0.1, 0.15) is 42.7 Å². The highest BCUT2D eigenvalue weighted by atomic mass is 35.5. The van der Waals surface area contributed by atoms with E-state index in [2.05, 4.69) is 10.3 Å². The smallest absolute Gasteiger partial charge is 0.317 e. The minimum atomic E-state index is -0.242. The van der Waals surface area contributed by atoms with Crippen LogP contribution >= 0.6 is 11.6 Å². The summed E-state index contributed by atoms with van der Waals surface area (Å²) in [5.74, 6) is 0.0739. The summed E-state index contributed by atoms with van der Waals surface area (Å²) in [5, 5.41) is 4.56. The van der Waals surface area contributed by atoms with Gasteiger partial charge in [-0.1, -0.05) is 41.9 Å². The molecule has 0 radical (unpaired) electrons. The van der Waals surface area contributed by atoms with E-state index in [1.54, 1.807) is 24.3 Å². The van der Waals surface area contributed by atoms with Gasteiger partial charge < -0.3 is 10.2 Å². The van der Waals surface area contributed by atoms with Gasteiger partial charge in [0.25, 0.3) is 0 Å². The maximum atomic E-state index is 14.0. The third kappa shape index (κ3) is 5.46. The molecule has 0 aliphatic heterocycles. The second-order valence-electron chi connectivity index (χ2n) is 9.12. The third-order valence-corrected chi connectivity index (χ3v) is 7.12. The molecule has 0 unspecified atom stereocenters. The van der Waals surface area contributed by atoms with Crippen molar-refractivity contribution in [2.24, 2.45) is 0 Å². The number of fused-ring (bicyclic) bond motifs is 1. The summed E-state index contributed by atoms with van der Waals surface area (Å²) in [6.45, 7) is 0.541. The first-order valence-corrected chi connectivity index (χ1v) is 12.4. The number of nitrogens with one attached hydrogen (secondary N) is 1. The maximum Gasteiger partial charge on any atom is 0.322 e. The molecule has 1 saturated carbocycles. The Labute approximate surface area is 209 Å². The van der Waals surface area contributed by atoms with E-state index in [1.165, 1.54) is 6.07 Å². The average molecular weight is 488 g/mol. The fourth-order valence-electron chi connectivity index (χ4n) is 5.07. The number of aromatic nitrogens is 1. The third-order valence-electron chi connectivity index (χ3n) is 6.87. The Morgan fingerprint density at radius 1 is 0.971 bits per heavy atom. The summed E-state index contributed by atoms with van der Waals surface area (Å²) < 4.78 is 14.0. The van der Waals surface area contributed by atoms with Crippen molar-refractivity contribution >= 4 is 34.2 Å². The molecule has 4 nitrogen and oxygen atoms in total. The summed E-state index contributed by atoms with van der Waals surface area (Å²) in [7, 11) is 0. The number of benzene rings is 3. The van der Waals surface area contributed by atoms with Gasteiger partial charge in [0.05, 0.1) is 5.52 Å². The van der Waals surface area contributed by atoms with Crippen molar-refractivity contribution in [1.29, 1.82) is 0 Å². The van der Waals surface area contributed by atoms with Gasteiger partial charge in [0.2, 0.25) is 0 Å². The van der Waals surface area contributed by atoms with E-state index < -0.39 is 0 Å². The predicted octanol–water partition coefficient (Wildman–Crippen LogP) is 7.79. The number of hydrogen-bond donors (Lipinski definition) is 1. The highest BCUT2D eigenvalue weighted by Crippen LogP contribution is 2.38. The second-order valence-corrected chi connectivity index (χ2v) is 9.55. The molecule has 3 aromatic carbocycles. The topological polar surface area (TPSA) is 45.2 Å². The molecule has 0 spiro atoms. The van der Waals surface area contributed by atoms with E-state index in [1.807, 2.05) is 59.6 Å². The Bertz CT molecular complexity index is 1300. The van der Waals surface area contributed by atoms with Gasteiger partial charge in [-0.05, 0) is 91.3 Å². The lowest BCUT2D eigenvalue weighted by Gasteiger charge is -2.37. The van der Waals surface area contributed by atoms with Gasteiger partial charge in [0.15, 0.2) is 0 Å². The van der Waals surface area contributed by atoms with Gasteiger partial charge in [0, 0.05) is 34.9 Å². The number of carbonyl (C=O) groups excluding carboxylic acids is 1. The molecule has 6 heteroatoms. The minimum Gasteiger partial charge on any atom is -0.317 e. The van der Waals surface area contributed by atoms with Crippen molar-refractivity contribution in [3.05, 3.63) is 107 Å². The van der Waals surface area contributed by atoms with Crippen LogP contribution in [0.2, 0.25) is 5.02 Å². The summed E-state index contributed by atoms with van der Waals surface area (Å²) in [6.07, 6.45) is 5.43. The van der Waals surface area contributed by atoms with Crippen LogP contribution in [0, 0.1) is 5.82 Å². The van der Waals surface area contributed by atoms with Crippen LogP contribution in [0.25, 0.3) is 10.9 Å². The SMILES string of the molecule is O=C(Nc1ccc(Cl)cc1)N(Cc1ccccc1)[C@H]1CC[C@@H](c2ccnc3ccc(F)cc32)CC1. The van der Waals surface area contributed by atoms with Crippen molar-refractivity contribution in [1.82, 2.24) is 9.88 Å².